The number of hydrogen-bond acceptors (Lipinski definition) is 3. The Bertz CT molecular complexity index is 710. The molecule has 0 N–H and O–H groups in total. The first-order chi connectivity index (χ1) is 10.7. The van der Waals surface area contributed by atoms with E-state index in [2.05, 4.69) is 0 Å². The highest BCUT2D eigenvalue weighted by molar-refractivity contribution is 6.09. The zero-order valence-electron chi connectivity index (χ0n) is 11.8. The van der Waals surface area contributed by atoms with Crippen LogP contribution in [0.5, 0.6) is 0 Å². The predicted molar refractivity (Wildman–Crippen MR) is 80.6 cm³/mol. The van der Waals surface area contributed by atoms with Crippen LogP contribution in [0.4, 0.5) is 4.79 Å². The molecule has 0 radical (unpaired) electrons. The van der Waals surface area contributed by atoms with Gasteiger partial charge in [0.1, 0.15) is 6.54 Å². The second kappa shape index (κ2) is 5.81. The largest absolute Gasteiger partial charge is 0.334 e. The molecule has 22 heavy (non-hydrogen) atoms. The van der Waals surface area contributed by atoms with Crippen molar-refractivity contribution in [2.45, 2.75) is 6.54 Å². The van der Waals surface area contributed by atoms with Crippen LogP contribution >= 0.6 is 0 Å². The van der Waals surface area contributed by atoms with Crippen molar-refractivity contribution in [3.05, 3.63) is 60.2 Å². The van der Waals surface area contributed by atoms with Gasteiger partial charge in [0.15, 0.2) is 0 Å². The molecule has 1 aliphatic heterocycles. The van der Waals surface area contributed by atoms with E-state index >= 15 is 0 Å². The summed E-state index contributed by atoms with van der Waals surface area (Å²) in [5.41, 5.74) is 3.12. The average molecular weight is 294 g/mol. The van der Waals surface area contributed by atoms with Crippen molar-refractivity contribution in [1.82, 2.24) is 9.80 Å². The second-order valence-electron chi connectivity index (χ2n) is 5.07. The standard InChI is InChI=1S/C17H14N2O3/c20-12-19-16(21)11-18(17(19)22)10-13-6-8-15(9-7-13)14-4-2-1-3-5-14/h1-9,12H,10-11H2. The van der Waals surface area contributed by atoms with Gasteiger partial charge in [-0.3, -0.25) is 9.59 Å². The van der Waals surface area contributed by atoms with E-state index in [1.165, 1.54) is 4.90 Å². The molecule has 0 atom stereocenters. The van der Waals surface area contributed by atoms with E-state index in [9.17, 15) is 14.4 Å². The van der Waals surface area contributed by atoms with Gasteiger partial charge in [0.2, 0.25) is 6.41 Å². The van der Waals surface area contributed by atoms with Gasteiger partial charge >= 0.3 is 6.03 Å². The minimum absolute atomic E-state index is 0.0575. The fourth-order valence-electron chi connectivity index (χ4n) is 2.45. The summed E-state index contributed by atoms with van der Waals surface area (Å²) in [6, 6.07) is 17.2. The van der Waals surface area contributed by atoms with Gasteiger partial charge in [-0.05, 0) is 16.7 Å². The van der Waals surface area contributed by atoms with Crippen LogP contribution in [0.25, 0.3) is 11.1 Å². The van der Waals surface area contributed by atoms with Crippen LogP contribution in [0.1, 0.15) is 5.56 Å². The van der Waals surface area contributed by atoms with Gasteiger partial charge < -0.3 is 4.90 Å². The Kier molecular flexibility index (Phi) is 3.70. The molecule has 110 valence electrons. The number of rotatable bonds is 4. The number of hydrogen-bond donors (Lipinski definition) is 0. The molecule has 4 amide bonds. The molecular weight excluding hydrogens is 280 g/mol. The van der Waals surface area contributed by atoms with Gasteiger partial charge in [0.25, 0.3) is 5.91 Å². The zero-order chi connectivity index (χ0) is 15.5. The number of amides is 4. The van der Waals surface area contributed by atoms with E-state index in [4.69, 9.17) is 0 Å². The fraction of sp³-hybridized carbons (Fsp3) is 0.118. The Hall–Kier alpha value is -2.95. The summed E-state index contributed by atoms with van der Waals surface area (Å²) >= 11 is 0. The Morgan fingerprint density at radius 1 is 0.909 bits per heavy atom. The van der Waals surface area contributed by atoms with Crippen LogP contribution in [-0.4, -0.2) is 34.7 Å². The van der Waals surface area contributed by atoms with E-state index in [1.807, 2.05) is 54.6 Å². The Morgan fingerprint density at radius 2 is 1.55 bits per heavy atom. The summed E-state index contributed by atoms with van der Waals surface area (Å²) in [6.07, 6.45) is 0.267. The third-order valence-electron chi connectivity index (χ3n) is 3.61. The molecule has 3 rings (SSSR count). The monoisotopic (exact) mass is 294 g/mol. The summed E-state index contributed by atoms with van der Waals surface area (Å²) in [5.74, 6) is -0.485. The van der Waals surface area contributed by atoms with Crippen LogP contribution in [0.2, 0.25) is 0 Å². The van der Waals surface area contributed by atoms with Crippen LogP contribution in [0.3, 0.4) is 0 Å². The van der Waals surface area contributed by atoms with E-state index in [-0.39, 0.29) is 13.0 Å². The van der Waals surface area contributed by atoms with E-state index < -0.39 is 11.9 Å². The fourth-order valence-corrected chi connectivity index (χ4v) is 2.45. The molecule has 1 heterocycles. The minimum atomic E-state index is -0.563. The van der Waals surface area contributed by atoms with Crippen molar-refractivity contribution in [1.29, 1.82) is 0 Å². The minimum Gasteiger partial charge on any atom is -0.310 e. The molecule has 0 saturated carbocycles. The maximum Gasteiger partial charge on any atom is 0.334 e. The molecule has 2 aromatic rings. The smallest absolute Gasteiger partial charge is 0.310 e. The molecule has 2 aromatic carbocycles. The third kappa shape index (κ3) is 2.61. The molecule has 5 nitrogen and oxygen atoms in total. The van der Waals surface area contributed by atoms with Crippen molar-refractivity contribution < 1.29 is 14.4 Å². The molecule has 1 saturated heterocycles. The molecule has 0 aromatic heterocycles. The van der Waals surface area contributed by atoms with Crippen LogP contribution in [-0.2, 0) is 16.1 Å². The quantitative estimate of drug-likeness (QED) is 0.642. The summed E-state index contributed by atoms with van der Waals surface area (Å²) in [4.78, 5) is 36.0. The number of benzene rings is 2. The van der Waals surface area contributed by atoms with Crippen molar-refractivity contribution >= 4 is 18.3 Å². The highest BCUT2D eigenvalue weighted by Gasteiger charge is 2.35. The first-order valence-electron chi connectivity index (χ1n) is 6.89. The molecule has 1 aliphatic rings. The lowest BCUT2D eigenvalue weighted by atomic mass is 10.0. The predicted octanol–water partition coefficient (Wildman–Crippen LogP) is 2.27. The zero-order valence-corrected chi connectivity index (χ0v) is 11.8. The van der Waals surface area contributed by atoms with Crippen LogP contribution < -0.4 is 0 Å². The normalized spacial score (nSPS) is 14.5. The SMILES string of the molecule is O=CN1C(=O)CN(Cc2ccc(-c3ccccc3)cc2)C1=O. The van der Waals surface area contributed by atoms with E-state index in [1.54, 1.807) is 0 Å². The topological polar surface area (TPSA) is 57.7 Å². The van der Waals surface area contributed by atoms with E-state index in [0.717, 1.165) is 16.7 Å². The molecule has 0 spiro atoms. The summed E-state index contributed by atoms with van der Waals surface area (Å²) < 4.78 is 0. The van der Waals surface area contributed by atoms with Gasteiger partial charge in [-0.15, -0.1) is 0 Å². The molecule has 1 fully saturated rings. The van der Waals surface area contributed by atoms with Crippen LogP contribution in [0.15, 0.2) is 54.6 Å². The van der Waals surface area contributed by atoms with Gasteiger partial charge in [-0.2, -0.15) is 0 Å². The van der Waals surface area contributed by atoms with Gasteiger partial charge in [0, 0.05) is 6.54 Å². The molecule has 0 unspecified atom stereocenters. The van der Waals surface area contributed by atoms with E-state index in [0.29, 0.717) is 11.4 Å². The number of urea groups is 1. The summed E-state index contributed by atoms with van der Waals surface area (Å²) in [7, 11) is 0. The molecule has 5 heteroatoms. The lowest BCUT2D eigenvalue weighted by Gasteiger charge is -2.14. The Balaban J connectivity index is 1.73. The lowest BCUT2D eigenvalue weighted by molar-refractivity contribution is -0.131. The van der Waals surface area contributed by atoms with Crippen molar-refractivity contribution in [2.24, 2.45) is 0 Å². The molecule has 0 bridgehead atoms. The summed E-state index contributed by atoms with van der Waals surface area (Å²) in [5, 5.41) is 0. The summed E-state index contributed by atoms with van der Waals surface area (Å²) in [6.45, 7) is 0.252. The van der Waals surface area contributed by atoms with Crippen molar-refractivity contribution in [3.63, 3.8) is 0 Å². The van der Waals surface area contributed by atoms with Gasteiger partial charge in [0.05, 0.1) is 0 Å². The number of nitrogens with zero attached hydrogens (tertiary/aromatic N) is 2. The van der Waals surface area contributed by atoms with Gasteiger partial charge in [-0.1, -0.05) is 54.6 Å². The maximum absolute atomic E-state index is 11.8. The maximum atomic E-state index is 11.8. The van der Waals surface area contributed by atoms with Gasteiger partial charge in [-0.25, -0.2) is 9.69 Å². The molecular formula is C17H14N2O3. The van der Waals surface area contributed by atoms with Crippen molar-refractivity contribution in [2.75, 3.05) is 6.54 Å². The first-order valence-corrected chi connectivity index (χ1v) is 6.89. The number of imide groups is 3. The highest BCUT2D eigenvalue weighted by atomic mass is 16.2. The third-order valence-corrected chi connectivity index (χ3v) is 3.61. The Morgan fingerprint density at radius 3 is 2.14 bits per heavy atom. The van der Waals surface area contributed by atoms with Crippen molar-refractivity contribution in [3.8, 4) is 11.1 Å². The number of carbonyl (C=O) groups excluding carboxylic acids is 3. The second-order valence-corrected chi connectivity index (χ2v) is 5.07. The number of carbonyl (C=O) groups is 3. The molecule has 0 aliphatic carbocycles. The average Bonchev–Trinajstić information content (AvgIpc) is 2.82. The Labute approximate surface area is 127 Å². The highest BCUT2D eigenvalue weighted by Crippen LogP contribution is 2.20. The first kappa shape index (κ1) is 14.0. The van der Waals surface area contributed by atoms with Crippen LogP contribution in [0, 0.1) is 0 Å². The lowest BCUT2D eigenvalue weighted by Crippen LogP contribution is -2.31.